The average molecular weight is 218 g/mol. The van der Waals surface area contributed by atoms with Crippen molar-refractivity contribution in [3.63, 3.8) is 0 Å². The van der Waals surface area contributed by atoms with Crippen molar-refractivity contribution in [3.8, 4) is 0 Å². The number of rotatable bonds is 1. The van der Waals surface area contributed by atoms with E-state index in [9.17, 15) is 8.78 Å². The van der Waals surface area contributed by atoms with Crippen LogP contribution in [0.3, 0.4) is 0 Å². The molecular weight excluding hydrogens is 208 g/mol. The molecule has 14 heavy (non-hydrogen) atoms. The van der Waals surface area contributed by atoms with Gasteiger partial charge in [0, 0.05) is 11.6 Å². The molecule has 0 bridgehead atoms. The molecule has 1 aromatic carbocycles. The monoisotopic (exact) mass is 217 g/mol. The fraction of sp³-hybridized carbons (Fsp3) is 0.400. The van der Waals surface area contributed by atoms with Crippen molar-refractivity contribution in [2.75, 3.05) is 6.54 Å². The van der Waals surface area contributed by atoms with Gasteiger partial charge >= 0.3 is 0 Å². The van der Waals surface area contributed by atoms with E-state index in [-0.39, 0.29) is 16.6 Å². The first-order chi connectivity index (χ1) is 6.70. The lowest BCUT2D eigenvalue weighted by Crippen LogP contribution is -2.16. The van der Waals surface area contributed by atoms with Crippen molar-refractivity contribution in [3.05, 3.63) is 34.4 Å². The molecule has 0 amide bonds. The Hall–Kier alpha value is -0.670. The van der Waals surface area contributed by atoms with Gasteiger partial charge < -0.3 is 5.32 Å². The number of halogens is 3. The molecule has 1 heterocycles. The molecule has 1 aliphatic heterocycles. The molecule has 1 aromatic rings. The molecule has 0 saturated carbocycles. The fourth-order valence-electron chi connectivity index (χ4n) is 1.79. The van der Waals surface area contributed by atoms with Gasteiger partial charge in [0.05, 0.1) is 5.02 Å². The van der Waals surface area contributed by atoms with Crippen molar-refractivity contribution in [2.45, 2.75) is 18.9 Å². The number of hydrogen-bond acceptors (Lipinski definition) is 1. The lowest BCUT2D eigenvalue weighted by Gasteiger charge is -2.13. The molecule has 1 nitrogen and oxygen atoms in total. The SMILES string of the molecule is Fc1ccc(Cl)c(F)c1[C@H]1CCCN1. The smallest absolute Gasteiger partial charge is 0.149 e. The second kappa shape index (κ2) is 3.83. The molecule has 2 rings (SSSR count). The van der Waals surface area contributed by atoms with Crippen LogP contribution in [0.4, 0.5) is 8.78 Å². The van der Waals surface area contributed by atoms with Crippen molar-refractivity contribution >= 4 is 11.6 Å². The summed E-state index contributed by atoms with van der Waals surface area (Å²) in [6.07, 6.45) is 1.70. The zero-order chi connectivity index (χ0) is 10.1. The molecule has 76 valence electrons. The van der Waals surface area contributed by atoms with E-state index in [1.165, 1.54) is 12.1 Å². The van der Waals surface area contributed by atoms with Gasteiger partial charge in [-0.05, 0) is 31.5 Å². The Balaban J connectivity index is 2.44. The number of nitrogens with one attached hydrogen (secondary N) is 1. The van der Waals surface area contributed by atoms with Gasteiger partial charge in [0.15, 0.2) is 0 Å². The summed E-state index contributed by atoms with van der Waals surface area (Å²) in [6, 6.07) is 2.22. The van der Waals surface area contributed by atoms with Crippen LogP contribution in [0.25, 0.3) is 0 Å². The molecule has 1 N–H and O–H groups in total. The van der Waals surface area contributed by atoms with E-state index < -0.39 is 11.6 Å². The van der Waals surface area contributed by atoms with Crippen LogP contribution in [-0.2, 0) is 0 Å². The molecule has 0 radical (unpaired) electrons. The van der Waals surface area contributed by atoms with Crippen LogP contribution in [0, 0.1) is 11.6 Å². The lowest BCUT2D eigenvalue weighted by molar-refractivity contribution is 0.507. The van der Waals surface area contributed by atoms with Crippen LogP contribution >= 0.6 is 11.6 Å². The van der Waals surface area contributed by atoms with E-state index in [0.29, 0.717) is 0 Å². The highest BCUT2D eigenvalue weighted by molar-refractivity contribution is 6.30. The molecule has 1 fully saturated rings. The second-order valence-electron chi connectivity index (χ2n) is 3.41. The third-order valence-electron chi connectivity index (χ3n) is 2.49. The van der Waals surface area contributed by atoms with Gasteiger partial charge in [-0.15, -0.1) is 0 Å². The highest BCUT2D eigenvalue weighted by Crippen LogP contribution is 2.30. The van der Waals surface area contributed by atoms with Crippen LogP contribution in [0.5, 0.6) is 0 Å². The third-order valence-corrected chi connectivity index (χ3v) is 2.78. The van der Waals surface area contributed by atoms with Gasteiger partial charge in [-0.3, -0.25) is 0 Å². The van der Waals surface area contributed by atoms with Crippen LogP contribution in [0.2, 0.25) is 5.02 Å². The van der Waals surface area contributed by atoms with Crippen molar-refractivity contribution < 1.29 is 8.78 Å². The average Bonchev–Trinajstić information content (AvgIpc) is 2.65. The minimum Gasteiger partial charge on any atom is -0.310 e. The molecule has 1 atom stereocenters. The Kier molecular flexibility index (Phi) is 2.70. The normalized spacial score (nSPS) is 21.5. The molecular formula is C10H10ClF2N. The molecule has 1 aliphatic rings. The predicted octanol–water partition coefficient (Wildman–Crippen LogP) is 3.04. The maximum absolute atomic E-state index is 13.5. The summed E-state index contributed by atoms with van der Waals surface area (Å²) in [5.41, 5.74) is 0.0787. The van der Waals surface area contributed by atoms with Crippen molar-refractivity contribution in [1.29, 1.82) is 0 Å². The first kappa shape index (κ1) is 9.87. The van der Waals surface area contributed by atoms with E-state index >= 15 is 0 Å². The summed E-state index contributed by atoms with van der Waals surface area (Å²) in [6.45, 7) is 0.802. The molecule has 0 spiro atoms. The summed E-state index contributed by atoms with van der Waals surface area (Å²) >= 11 is 5.59. The van der Waals surface area contributed by atoms with Gasteiger partial charge in [0.25, 0.3) is 0 Å². The zero-order valence-corrected chi connectivity index (χ0v) is 8.24. The molecule has 0 unspecified atom stereocenters. The number of benzene rings is 1. The molecule has 4 heteroatoms. The first-order valence-electron chi connectivity index (χ1n) is 4.57. The van der Waals surface area contributed by atoms with Gasteiger partial charge in [0.2, 0.25) is 0 Å². The lowest BCUT2D eigenvalue weighted by atomic mass is 10.0. The zero-order valence-electron chi connectivity index (χ0n) is 7.49. The van der Waals surface area contributed by atoms with Crippen molar-refractivity contribution in [2.24, 2.45) is 0 Å². The summed E-state index contributed by atoms with van der Waals surface area (Å²) in [4.78, 5) is 0. The Morgan fingerprint density at radius 2 is 2.14 bits per heavy atom. The van der Waals surface area contributed by atoms with E-state index in [1.807, 2.05) is 0 Å². The van der Waals surface area contributed by atoms with E-state index in [2.05, 4.69) is 5.32 Å². The standard InChI is InChI=1S/C10H10ClF2N/c11-6-3-4-7(12)9(10(6)13)8-2-1-5-14-8/h3-4,8,14H,1-2,5H2/t8-/m1/s1. The van der Waals surface area contributed by atoms with Gasteiger partial charge in [-0.2, -0.15) is 0 Å². The van der Waals surface area contributed by atoms with E-state index in [4.69, 9.17) is 11.6 Å². The molecule has 1 saturated heterocycles. The van der Waals surface area contributed by atoms with E-state index in [0.717, 1.165) is 19.4 Å². The fourth-order valence-corrected chi connectivity index (χ4v) is 1.96. The van der Waals surface area contributed by atoms with Crippen LogP contribution in [0.15, 0.2) is 12.1 Å². The summed E-state index contributed by atoms with van der Waals surface area (Å²) < 4.78 is 26.8. The first-order valence-corrected chi connectivity index (χ1v) is 4.94. The Morgan fingerprint density at radius 1 is 1.36 bits per heavy atom. The summed E-state index contributed by atoms with van der Waals surface area (Å²) in [5.74, 6) is -1.16. The Morgan fingerprint density at radius 3 is 2.79 bits per heavy atom. The quantitative estimate of drug-likeness (QED) is 0.713. The van der Waals surface area contributed by atoms with Gasteiger partial charge in [0.1, 0.15) is 11.6 Å². The number of hydrogen-bond donors (Lipinski definition) is 1. The minimum absolute atomic E-state index is 0.0184. The second-order valence-corrected chi connectivity index (χ2v) is 3.81. The third kappa shape index (κ3) is 1.62. The maximum atomic E-state index is 13.5. The maximum Gasteiger partial charge on any atom is 0.149 e. The highest BCUT2D eigenvalue weighted by atomic mass is 35.5. The molecule has 0 aliphatic carbocycles. The Bertz CT molecular complexity index is 348. The van der Waals surface area contributed by atoms with Crippen molar-refractivity contribution in [1.82, 2.24) is 5.32 Å². The largest absolute Gasteiger partial charge is 0.310 e. The topological polar surface area (TPSA) is 12.0 Å². The Labute approximate surface area is 86.1 Å². The van der Waals surface area contributed by atoms with Crippen LogP contribution < -0.4 is 5.32 Å². The highest BCUT2D eigenvalue weighted by Gasteiger charge is 2.24. The summed E-state index contributed by atoms with van der Waals surface area (Å²) in [7, 11) is 0. The van der Waals surface area contributed by atoms with E-state index in [1.54, 1.807) is 0 Å². The van der Waals surface area contributed by atoms with Crippen LogP contribution in [-0.4, -0.2) is 6.54 Å². The predicted molar refractivity (Wildman–Crippen MR) is 51.3 cm³/mol. The minimum atomic E-state index is -0.633. The van der Waals surface area contributed by atoms with Gasteiger partial charge in [-0.1, -0.05) is 11.6 Å². The molecule has 0 aromatic heterocycles. The van der Waals surface area contributed by atoms with Gasteiger partial charge in [-0.25, -0.2) is 8.78 Å². The van der Waals surface area contributed by atoms with Crippen LogP contribution in [0.1, 0.15) is 24.4 Å². The summed E-state index contributed by atoms with van der Waals surface area (Å²) in [5, 5.41) is 3.02.